The van der Waals surface area contributed by atoms with E-state index in [1.165, 1.54) is 4.90 Å². The van der Waals surface area contributed by atoms with Gasteiger partial charge in [-0.3, -0.25) is 9.69 Å². The second-order valence-corrected chi connectivity index (χ2v) is 7.44. The van der Waals surface area contributed by atoms with Gasteiger partial charge in [0.25, 0.3) is 0 Å². The first-order chi connectivity index (χ1) is 13.4. The normalized spacial score (nSPS) is 24.9. The van der Waals surface area contributed by atoms with Crippen LogP contribution < -0.4 is 20.1 Å². The quantitative estimate of drug-likeness (QED) is 0.740. The lowest BCUT2D eigenvalue weighted by atomic mass is 10.1. The summed E-state index contributed by atoms with van der Waals surface area (Å²) in [5, 5.41) is 5.58. The summed E-state index contributed by atoms with van der Waals surface area (Å²) in [6, 6.07) is 3.93. The van der Waals surface area contributed by atoms with Gasteiger partial charge in [0.1, 0.15) is 19.3 Å². The monoisotopic (exact) mass is 435 g/mol. The Morgan fingerprint density at radius 1 is 1.21 bits per heavy atom. The molecule has 0 aromatic heterocycles. The lowest BCUT2D eigenvalue weighted by molar-refractivity contribution is -0.184. The number of amides is 1. The highest BCUT2D eigenvalue weighted by Crippen LogP contribution is 2.49. The van der Waals surface area contributed by atoms with Gasteiger partial charge in [0, 0.05) is 38.6 Å². The molecule has 162 valence electrons. The van der Waals surface area contributed by atoms with E-state index < -0.39 is 18.8 Å². The molecule has 2 aliphatic heterocycles. The van der Waals surface area contributed by atoms with Crippen LogP contribution in [0.2, 0.25) is 0 Å². The van der Waals surface area contributed by atoms with E-state index in [1.807, 2.05) is 18.2 Å². The molecule has 0 spiro atoms. The molecule has 0 radical (unpaired) electrons. The minimum absolute atomic E-state index is 0. The van der Waals surface area contributed by atoms with E-state index in [4.69, 9.17) is 9.47 Å². The Kier molecular flexibility index (Phi) is 6.80. The molecule has 1 saturated heterocycles. The van der Waals surface area contributed by atoms with Crippen molar-refractivity contribution >= 4 is 18.3 Å². The Bertz CT molecular complexity index is 728. The third-order valence-corrected chi connectivity index (χ3v) is 5.56. The molecular formula is C19H25ClF3N3O3. The maximum atomic E-state index is 13.4. The molecule has 3 aliphatic rings. The molecule has 10 heteroatoms. The number of carbonyl (C=O) groups excluding carboxylic acids is 1. The van der Waals surface area contributed by atoms with E-state index in [0.717, 1.165) is 5.56 Å². The van der Waals surface area contributed by atoms with Gasteiger partial charge >= 0.3 is 6.18 Å². The molecule has 2 fully saturated rings. The number of alkyl halides is 3. The van der Waals surface area contributed by atoms with Crippen LogP contribution in [0, 0.1) is 5.92 Å². The zero-order valence-electron chi connectivity index (χ0n) is 15.8. The van der Waals surface area contributed by atoms with Crippen LogP contribution in [0.4, 0.5) is 13.2 Å². The topological polar surface area (TPSA) is 62.8 Å². The van der Waals surface area contributed by atoms with E-state index in [0.29, 0.717) is 57.3 Å². The van der Waals surface area contributed by atoms with E-state index in [2.05, 4.69) is 10.6 Å². The summed E-state index contributed by atoms with van der Waals surface area (Å²) < 4.78 is 51.4. The van der Waals surface area contributed by atoms with Gasteiger partial charge in [-0.1, -0.05) is 6.07 Å². The molecule has 1 aliphatic carbocycles. The Hall–Kier alpha value is -1.71. The van der Waals surface area contributed by atoms with Crippen LogP contribution in [0.25, 0.3) is 0 Å². The molecule has 1 saturated carbocycles. The fourth-order valence-electron chi connectivity index (χ4n) is 3.92. The summed E-state index contributed by atoms with van der Waals surface area (Å²) in [6.45, 7) is 2.27. The lowest BCUT2D eigenvalue weighted by Crippen LogP contribution is -2.57. The van der Waals surface area contributed by atoms with Crippen LogP contribution in [0.3, 0.4) is 0 Å². The summed E-state index contributed by atoms with van der Waals surface area (Å²) in [5.41, 5.74) is 0.957. The molecule has 3 atom stereocenters. The number of nitrogens with zero attached hydrogens (tertiary/aromatic N) is 1. The molecule has 29 heavy (non-hydrogen) atoms. The second-order valence-electron chi connectivity index (χ2n) is 7.44. The number of piperazine rings is 1. The van der Waals surface area contributed by atoms with Gasteiger partial charge in [0.05, 0.1) is 0 Å². The highest BCUT2D eigenvalue weighted by atomic mass is 35.5. The Balaban J connectivity index is 0.00000240. The van der Waals surface area contributed by atoms with Gasteiger partial charge in [-0.25, -0.2) is 0 Å². The van der Waals surface area contributed by atoms with Crippen molar-refractivity contribution < 1.29 is 27.4 Å². The first kappa shape index (κ1) is 22.0. The minimum atomic E-state index is -4.37. The van der Waals surface area contributed by atoms with Crippen LogP contribution in [-0.4, -0.2) is 69.0 Å². The summed E-state index contributed by atoms with van der Waals surface area (Å²) in [4.78, 5) is 13.8. The summed E-state index contributed by atoms with van der Waals surface area (Å²) in [6.07, 6.45) is -3.74. The molecule has 1 aromatic rings. The van der Waals surface area contributed by atoms with Crippen molar-refractivity contribution in [3.8, 4) is 11.5 Å². The Morgan fingerprint density at radius 3 is 2.59 bits per heavy atom. The number of hydrogen-bond donors (Lipinski definition) is 2. The van der Waals surface area contributed by atoms with Crippen LogP contribution in [-0.2, 0) is 4.79 Å². The average Bonchev–Trinajstić information content (AvgIpc) is 3.48. The van der Waals surface area contributed by atoms with Crippen molar-refractivity contribution in [2.45, 2.75) is 24.6 Å². The lowest BCUT2D eigenvalue weighted by Gasteiger charge is -2.35. The van der Waals surface area contributed by atoms with E-state index in [1.54, 1.807) is 0 Å². The third-order valence-electron chi connectivity index (χ3n) is 5.56. The number of fused-ring (bicyclic) bond motifs is 1. The fraction of sp³-hybridized carbons (Fsp3) is 0.632. The van der Waals surface area contributed by atoms with Gasteiger partial charge in [-0.2, -0.15) is 13.2 Å². The molecule has 0 bridgehead atoms. The minimum Gasteiger partial charge on any atom is -0.486 e. The molecule has 1 aromatic carbocycles. The SMILES string of the molecule is Cl.O=C(NCC(N1CCNCC1)C(F)(F)F)C1CC1c1ccc2c(c1)OCCO2. The van der Waals surface area contributed by atoms with Crippen molar-refractivity contribution in [3.63, 3.8) is 0 Å². The largest absolute Gasteiger partial charge is 0.486 e. The maximum absolute atomic E-state index is 13.4. The second kappa shape index (κ2) is 8.97. The predicted octanol–water partition coefficient (Wildman–Crippen LogP) is 1.94. The molecule has 4 rings (SSSR count). The number of hydrogen-bond acceptors (Lipinski definition) is 5. The van der Waals surface area contributed by atoms with Crippen molar-refractivity contribution in [2.75, 3.05) is 45.9 Å². The zero-order valence-corrected chi connectivity index (χ0v) is 16.7. The fourth-order valence-corrected chi connectivity index (χ4v) is 3.92. The zero-order chi connectivity index (χ0) is 19.7. The van der Waals surface area contributed by atoms with Crippen molar-refractivity contribution in [1.29, 1.82) is 0 Å². The number of rotatable bonds is 5. The molecule has 2 N–H and O–H groups in total. The van der Waals surface area contributed by atoms with E-state index >= 15 is 0 Å². The van der Waals surface area contributed by atoms with E-state index in [9.17, 15) is 18.0 Å². The third kappa shape index (κ3) is 5.07. The number of nitrogens with one attached hydrogen (secondary N) is 2. The molecule has 3 unspecified atom stereocenters. The van der Waals surface area contributed by atoms with E-state index in [-0.39, 0.29) is 30.2 Å². The maximum Gasteiger partial charge on any atom is 0.405 e. The molecule has 6 nitrogen and oxygen atoms in total. The summed E-state index contributed by atoms with van der Waals surface area (Å²) >= 11 is 0. The van der Waals surface area contributed by atoms with Gasteiger partial charge in [0.15, 0.2) is 11.5 Å². The highest BCUT2D eigenvalue weighted by Gasteiger charge is 2.47. The van der Waals surface area contributed by atoms with Crippen LogP contribution in [0.5, 0.6) is 11.5 Å². The number of halogens is 4. The van der Waals surface area contributed by atoms with Crippen molar-refractivity contribution in [1.82, 2.24) is 15.5 Å². The smallest absolute Gasteiger partial charge is 0.405 e. The first-order valence-electron chi connectivity index (χ1n) is 9.62. The van der Waals surface area contributed by atoms with Crippen molar-refractivity contribution in [2.24, 2.45) is 5.92 Å². The average molecular weight is 436 g/mol. The van der Waals surface area contributed by atoms with Crippen LogP contribution >= 0.6 is 12.4 Å². The van der Waals surface area contributed by atoms with Gasteiger partial charge in [-0.05, 0) is 30.0 Å². The Labute approximate surface area is 173 Å². The number of benzene rings is 1. The van der Waals surface area contributed by atoms with Crippen LogP contribution in [0.1, 0.15) is 17.9 Å². The number of carbonyl (C=O) groups is 1. The highest BCUT2D eigenvalue weighted by molar-refractivity contribution is 5.85. The molecule has 1 amide bonds. The summed E-state index contributed by atoms with van der Waals surface area (Å²) in [7, 11) is 0. The first-order valence-corrected chi connectivity index (χ1v) is 9.62. The molecule has 2 heterocycles. The Morgan fingerprint density at radius 2 is 1.90 bits per heavy atom. The van der Waals surface area contributed by atoms with Gasteiger partial charge in [-0.15, -0.1) is 12.4 Å². The summed E-state index contributed by atoms with van der Waals surface area (Å²) in [5.74, 6) is 0.745. The molecular weight excluding hydrogens is 411 g/mol. The van der Waals surface area contributed by atoms with Gasteiger partial charge < -0.3 is 20.1 Å². The van der Waals surface area contributed by atoms with Crippen LogP contribution in [0.15, 0.2) is 18.2 Å². The predicted molar refractivity (Wildman–Crippen MR) is 103 cm³/mol. The number of ether oxygens (including phenoxy) is 2. The standard InChI is InChI=1S/C19H24F3N3O3.ClH/c20-19(21,22)17(25-5-3-23-4-6-25)11-24-18(26)14-10-13(14)12-1-2-15-16(9-12)28-8-7-27-15;/h1-2,9,13-14,17,23H,3-8,10-11H2,(H,24,26);1H. The van der Waals surface area contributed by atoms with Crippen molar-refractivity contribution in [3.05, 3.63) is 23.8 Å². The van der Waals surface area contributed by atoms with Gasteiger partial charge in [0.2, 0.25) is 5.91 Å².